The predicted octanol–water partition coefficient (Wildman–Crippen LogP) is 3.40. The number of carbonyl (C=O) groups is 2. The van der Waals surface area contributed by atoms with Crippen LogP contribution in [0.1, 0.15) is 31.8 Å². The number of rotatable bonds is 3. The summed E-state index contributed by atoms with van der Waals surface area (Å²) in [6, 6.07) is 2.25. The zero-order valence-electron chi connectivity index (χ0n) is 8.77. The van der Waals surface area contributed by atoms with Gasteiger partial charge in [-0.05, 0) is 24.6 Å². The van der Waals surface area contributed by atoms with Gasteiger partial charge in [-0.2, -0.15) is 13.2 Å². The highest BCUT2D eigenvalue weighted by Gasteiger charge is 2.37. The summed E-state index contributed by atoms with van der Waals surface area (Å²) in [5, 5.41) is -0.224. The summed E-state index contributed by atoms with van der Waals surface area (Å²) >= 11 is 2.82. The molecule has 0 radical (unpaired) electrons. The fourth-order valence-corrected chi connectivity index (χ4v) is 1.82. The Balaban J connectivity index is 3.61. The number of aldehydes is 1. The number of Topliss-reactive ketones (excluding diaryl/α,β-unsaturated/α-hetero) is 1. The summed E-state index contributed by atoms with van der Waals surface area (Å²) in [7, 11) is 0. The van der Waals surface area contributed by atoms with Crippen molar-refractivity contribution in [2.75, 3.05) is 5.33 Å². The van der Waals surface area contributed by atoms with Crippen LogP contribution in [-0.4, -0.2) is 17.4 Å². The first kappa shape index (κ1) is 13.9. The van der Waals surface area contributed by atoms with E-state index in [9.17, 15) is 22.8 Å². The van der Waals surface area contributed by atoms with Gasteiger partial charge in [0.15, 0.2) is 12.1 Å². The minimum Gasteiger partial charge on any atom is -0.298 e. The molecular weight excluding hydrogens is 301 g/mol. The van der Waals surface area contributed by atoms with Crippen LogP contribution in [0, 0.1) is 6.92 Å². The lowest BCUT2D eigenvalue weighted by Crippen LogP contribution is -2.17. The van der Waals surface area contributed by atoms with E-state index in [0.29, 0.717) is 5.56 Å². The molecule has 1 aromatic rings. The molecule has 0 N–H and O–H groups in total. The first-order valence-corrected chi connectivity index (χ1v) is 5.69. The highest BCUT2D eigenvalue weighted by Crippen LogP contribution is 2.35. The summed E-state index contributed by atoms with van der Waals surface area (Å²) in [4.78, 5) is 22.1. The third-order valence-electron chi connectivity index (χ3n) is 2.15. The molecule has 0 unspecified atom stereocenters. The van der Waals surface area contributed by atoms with E-state index in [2.05, 4.69) is 15.9 Å². The van der Waals surface area contributed by atoms with Crippen molar-refractivity contribution in [3.63, 3.8) is 0 Å². The van der Waals surface area contributed by atoms with E-state index in [0.717, 1.165) is 12.1 Å². The van der Waals surface area contributed by atoms with Crippen LogP contribution in [0.2, 0.25) is 0 Å². The molecule has 0 spiro atoms. The molecule has 0 saturated carbocycles. The molecule has 0 heterocycles. The molecule has 0 atom stereocenters. The Bertz CT molecular complexity index is 467. The van der Waals surface area contributed by atoms with E-state index in [1.54, 1.807) is 0 Å². The van der Waals surface area contributed by atoms with Gasteiger partial charge in [-0.3, -0.25) is 9.59 Å². The predicted molar refractivity (Wildman–Crippen MR) is 59.7 cm³/mol. The second kappa shape index (κ2) is 5.00. The molecule has 0 aliphatic heterocycles. The third kappa shape index (κ3) is 2.94. The molecule has 6 heteroatoms. The fraction of sp³-hybridized carbons (Fsp3) is 0.273. The Morgan fingerprint density at radius 1 is 1.41 bits per heavy atom. The highest BCUT2D eigenvalue weighted by molar-refractivity contribution is 9.09. The van der Waals surface area contributed by atoms with E-state index < -0.39 is 28.6 Å². The van der Waals surface area contributed by atoms with E-state index in [1.165, 1.54) is 6.92 Å². The normalized spacial score (nSPS) is 11.4. The van der Waals surface area contributed by atoms with Gasteiger partial charge in [-0.25, -0.2) is 0 Å². The molecule has 0 aliphatic carbocycles. The van der Waals surface area contributed by atoms with E-state index in [-0.39, 0.29) is 11.6 Å². The van der Waals surface area contributed by atoms with Crippen LogP contribution >= 0.6 is 15.9 Å². The van der Waals surface area contributed by atoms with Crippen molar-refractivity contribution < 1.29 is 22.8 Å². The lowest BCUT2D eigenvalue weighted by atomic mass is 9.96. The fourth-order valence-electron chi connectivity index (χ4n) is 1.52. The molecule has 0 aromatic heterocycles. The summed E-state index contributed by atoms with van der Waals surface area (Å²) in [5.74, 6) is -0.705. The summed E-state index contributed by atoms with van der Waals surface area (Å²) in [5.41, 5.74) is -1.72. The smallest absolute Gasteiger partial charge is 0.298 e. The maximum Gasteiger partial charge on any atom is 0.417 e. The molecule has 92 valence electrons. The average Bonchev–Trinajstić information content (AvgIpc) is 2.24. The maximum absolute atomic E-state index is 12.8. The third-order valence-corrected chi connectivity index (χ3v) is 2.65. The molecule has 0 bridgehead atoms. The zero-order chi connectivity index (χ0) is 13.2. The Labute approximate surface area is 104 Å². The van der Waals surface area contributed by atoms with Crippen molar-refractivity contribution >= 4 is 28.0 Å². The Morgan fingerprint density at radius 2 is 2.00 bits per heavy atom. The van der Waals surface area contributed by atoms with Crippen LogP contribution in [0.3, 0.4) is 0 Å². The van der Waals surface area contributed by atoms with Crippen molar-refractivity contribution in [1.29, 1.82) is 0 Å². The largest absolute Gasteiger partial charge is 0.417 e. The molecule has 1 rings (SSSR count). The lowest BCUT2D eigenvalue weighted by Gasteiger charge is -2.14. The van der Waals surface area contributed by atoms with E-state index in [4.69, 9.17) is 0 Å². The molecular formula is C11H8BrF3O2. The van der Waals surface area contributed by atoms with Gasteiger partial charge in [-0.15, -0.1) is 0 Å². The SMILES string of the molecule is Cc1cc(C=O)c(C(F)(F)F)c(C(=O)CBr)c1. The van der Waals surface area contributed by atoms with E-state index in [1.807, 2.05) is 0 Å². The number of ketones is 1. The van der Waals surface area contributed by atoms with Crippen LogP contribution in [0.15, 0.2) is 12.1 Å². The van der Waals surface area contributed by atoms with Crippen LogP contribution in [0.4, 0.5) is 13.2 Å². The highest BCUT2D eigenvalue weighted by atomic mass is 79.9. The van der Waals surface area contributed by atoms with Gasteiger partial charge in [0.25, 0.3) is 0 Å². The molecule has 17 heavy (non-hydrogen) atoms. The Kier molecular flexibility index (Phi) is 4.08. The second-order valence-electron chi connectivity index (χ2n) is 3.45. The molecule has 0 amide bonds. The summed E-state index contributed by atoms with van der Waals surface area (Å²) < 4.78 is 38.4. The van der Waals surface area contributed by atoms with Gasteiger partial charge in [0.2, 0.25) is 0 Å². The average molecular weight is 309 g/mol. The maximum atomic E-state index is 12.8. The van der Waals surface area contributed by atoms with Gasteiger partial charge >= 0.3 is 6.18 Å². The summed E-state index contributed by atoms with van der Waals surface area (Å²) in [6.45, 7) is 1.53. The van der Waals surface area contributed by atoms with E-state index >= 15 is 0 Å². The Morgan fingerprint density at radius 3 is 2.41 bits per heavy atom. The van der Waals surface area contributed by atoms with Gasteiger partial charge in [-0.1, -0.05) is 15.9 Å². The number of aryl methyl sites for hydroxylation is 1. The molecule has 2 nitrogen and oxygen atoms in total. The van der Waals surface area contributed by atoms with Crippen molar-refractivity contribution in [2.45, 2.75) is 13.1 Å². The number of hydrogen-bond donors (Lipinski definition) is 0. The minimum atomic E-state index is -4.73. The quantitative estimate of drug-likeness (QED) is 0.487. The van der Waals surface area contributed by atoms with Crippen LogP contribution in [-0.2, 0) is 6.18 Å². The van der Waals surface area contributed by atoms with Crippen molar-refractivity contribution in [1.82, 2.24) is 0 Å². The Hall–Kier alpha value is -1.17. The van der Waals surface area contributed by atoms with Gasteiger partial charge in [0.1, 0.15) is 0 Å². The van der Waals surface area contributed by atoms with Crippen molar-refractivity contribution in [3.8, 4) is 0 Å². The molecule has 0 fully saturated rings. The van der Waals surface area contributed by atoms with Crippen LogP contribution in [0.25, 0.3) is 0 Å². The van der Waals surface area contributed by atoms with Gasteiger partial charge in [0, 0.05) is 11.1 Å². The van der Waals surface area contributed by atoms with Crippen molar-refractivity contribution in [2.24, 2.45) is 0 Å². The first-order valence-electron chi connectivity index (χ1n) is 4.57. The minimum absolute atomic E-state index is 0.112. The number of carbonyl (C=O) groups excluding carboxylic acids is 2. The number of benzene rings is 1. The van der Waals surface area contributed by atoms with Gasteiger partial charge in [0.05, 0.1) is 10.9 Å². The number of halogens is 4. The van der Waals surface area contributed by atoms with Crippen LogP contribution < -0.4 is 0 Å². The number of hydrogen-bond acceptors (Lipinski definition) is 2. The zero-order valence-corrected chi connectivity index (χ0v) is 10.4. The molecule has 0 aliphatic rings. The monoisotopic (exact) mass is 308 g/mol. The van der Waals surface area contributed by atoms with Crippen molar-refractivity contribution in [3.05, 3.63) is 34.4 Å². The van der Waals surface area contributed by atoms with Gasteiger partial charge < -0.3 is 0 Å². The topological polar surface area (TPSA) is 34.1 Å². The standard InChI is InChI=1S/C11H8BrF3O2/c1-6-2-7(5-16)10(11(13,14)15)8(3-6)9(17)4-12/h2-3,5H,4H2,1H3. The summed E-state index contributed by atoms with van der Waals surface area (Å²) in [6.07, 6.45) is -4.61. The number of alkyl halides is 4. The van der Waals surface area contributed by atoms with Crippen LogP contribution in [0.5, 0.6) is 0 Å². The lowest BCUT2D eigenvalue weighted by molar-refractivity contribution is -0.138. The molecule has 1 aromatic carbocycles. The second-order valence-corrected chi connectivity index (χ2v) is 4.01. The first-order chi connectivity index (χ1) is 7.81. The molecule has 0 saturated heterocycles.